The van der Waals surface area contributed by atoms with Crippen molar-refractivity contribution < 1.29 is 19.1 Å². The van der Waals surface area contributed by atoms with Crippen molar-refractivity contribution >= 4 is 11.7 Å². The van der Waals surface area contributed by atoms with Gasteiger partial charge in [0.05, 0.1) is 12.7 Å². The van der Waals surface area contributed by atoms with E-state index in [0.29, 0.717) is 38.1 Å². The van der Waals surface area contributed by atoms with Gasteiger partial charge in [0.25, 0.3) is 0 Å². The highest BCUT2D eigenvalue weighted by atomic mass is 16.7. The Hall–Kier alpha value is -1.72. The molecule has 1 unspecified atom stereocenters. The van der Waals surface area contributed by atoms with Crippen LogP contribution in [-0.2, 0) is 14.3 Å². The van der Waals surface area contributed by atoms with Crippen molar-refractivity contribution in [3.05, 3.63) is 35.4 Å². The first kappa shape index (κ1) is 17.1. The van der Waals surface area contributed by atoms with Gasteiger partial charge in [0, 0.05) is 44.3 Å². The van der Waals surface area contributed by atoms with Gasteiger partial charge in [-0.2, -0.15) is 0 Å². The van der Waals surface area contributed by atoms with Crippen LogP contribution < -0.4 is 0 Å². The van der Waals surface area contributed by atoms with Gasteiger partial charge in [0.2, 0.25) is 5.91 Å². The molecule has 1 atom stereocenters. The van der Waals surface area contributed by atoms with Crippen molar-refractivity contribution in [2.45, 2.75) is 51.4 Å². The predicted molar refractivity (Wildman–Crippen MR) is 89.8 cm³/mol. The van der Waals surface area contributed by atoms with Crippen molar-refractivity contribution in [1.29, 1.82) is 0 Å². The zero-order chi connectivity index (χ0) is 17.2. The molecule has 1 aromatic carbocycles. The third kappa shape index (κ3) is 3.84. The summed E-state index contributed by atoms with van der Waals surface area (Å²) in [5.41, 5.74) is 1.79. The lowest BCUT2D eigenvalue weighted by Gasteiger charge is -2.37. The van der Waals surface area contributed by atoms with Crippen LogP contribution in [-0.4, -0.2) is 48.2 Å². The average molecular weight is 331 g/mol. The molecule has 0 radical (unpaired) electrons. The van der Waals surface area contributed by atoms with Crippen LogP contribution in [0.4, 0.5) is 0 Å². The number of likely N-dealkylation sites (tertiary alicyclic amines) is 1. The van der Waals surface area contributed by atoms with E-state index in [0.717, 1.165) is 5.56 Å². The summed E-state index contributed by atoms with van der Waals surface area (Å²) in [6, 6.07) is 7.48. The minimum atomic E-state index is -0.492. The Bertz CT molecular complexity index is 602. The van der Waals surface area contributed by atoms with Gasteiger partial charge in [0.1, 0.15) is 0 Å². The number of ether oxygens (including phenoxy) is 2. The first-order valence-corrected chi connectivity index (χ1v) is 8.67. The van der Waals surface area contributed by atoms with E-state index < -0.39 is 5.79 Å². The van der Waals surface area contributed by atoms with Crippen molar-refractivity contribution in [2.75, 3.05) is 19.7 Å². The van der Waals surface area contributed by atoms with Crippen molar-refractivity contribution in [3.8, 4) is 0 Å². The van der Waals surface area contributed by atoms with Crippen LogP contribution in [0.5, 0.6) is 0 Å². The van der Waals surface area contributed by atoms with Crippen LogP contribution in [0.1, 0.15) is 48.5 Å². The lowest BCUT2D eigenvalue weighted by atomic mass is 10.0. The highest BCUT2D eigenvalue weighted by molar-refractivity contribution is 5.97. The predicted octanol–water partition coefficient (Wildman–Crippen LogP) is 2.71. The molecular formula is C19H25NO4. The largest absolute Gasteiger partial charge is 0.347 e. The Kier molecular flexibility index (Phi) is 5.01. The van der Waals surface area contributed by atoms with Crippen LogP contribution in [0.2, 0.25) is 0 Å². The standard InChI is InChI=1S/C19H25NO4/c1-14-3-5-16(6-4-14)17(21)7-8-18(22)20-11-9-19(10-12-20)23-13-15(2)24-19/h3-6,15H,7-13H2,1-2H3. The molecule has 2 fully saturated rings. The van der Waals surface area contributed by atoms with Gasteiger partial charge in [-0.05, 0) is 13.8 Å². The van der Waals surface area contributed by atoms with E-state index in [1.807, 2.05) is 43.0 Å². The fourth-order valence-corrected chi connectivity index (χ4v) is 3.33. The number of aryl methyl sites for hydroxylation is 1. The Morgan fingerprint density at radius 1 is 1.17 bits per heavy atom. The maximum Gasteiger partial charge on any atom is 0.223 e. The Morgan fingerprint density at radius 3 is 2.42 bits per heavy atom. The lowest BCUT2D eigenvalue weighted by Crippen LogP contribution is -2.47. The van der Waals surface area contributed by atoms with E-state index >= 15 is 0 Å². The number of carbonyl (C=O) groups excluding carboxylic acids is 2. The Labute approximate surface area is 142 Å². The molecule has 5 nitrogen and oxygen atoms in total. The molecule has 2 saturated heterocycles. The molecule has 2 aliphatic heterocycles. The van der Waals surface area contributed by atoms with Crippen LogP contribution in [0.15, 0.2) is 24.3 Å². The SMILES string of the molecule is Cc1ccc(C(=O)CCC(=O)N2CCC3(CC2)OCC(C)O3)cc1. The highest BCUT2D eigenvalue weighted by Gasteiger charge is 2.43. The monoisotopic (exact) mass is 331 g/mol. The summed E-state index contributed by atoms with van der Waals surface area (Å²) in [4.78, 5) is 26.3. The number of amides is 1. The second-order valence-electron chi connectivity index (χ2n) is 6.82. The van der Waals surface area contributed by atoms with Crippen LogP contribution >= 0.6 is 0 Å². The molecule has 1 aromatic rings. The average Bonchev–Trinajstić information content (AvgIpc) is 2.94. The van der Waals surface area contributed by atoms with Crippen LogP contribution in [0, 0.1) is 6.92 Å². The fourth-order valence-electron chi connectivity index (χ4n) is 3.33. The molecule has 5 heteroatoms. The third-order valence-electron chi connectivity index (χ3n) is 4.81. The minimum Gasteiger partial charge on any atom is -0.347 e. The van der Waals surface area contributed by atoms with E-state index in [1.165, 1.54) is 0 Å². The number of ketones is 1. The molecule has 0 N–H and O–H groups in total. The number of Topliss-reactive ketones (excluding diaryl/α,β-unsaturated/α-hetero) is 1. The molecule has 130 valence electrons. The highest BCUT2D eigenvalue weighted by Crippen LogP contribution is 2.34. The zero-order valence-corrected chi connectivity index (χ0v) is 14.4. The van der Waals surface area contributed by atoms with Crippen molar-refractivity contribution in [3.63, 3.8) is 0 Å². The molecule has 1 spiro atoms. The van der Waals surface area contributed by atoms with Gasteiger partial charge < -0.3 is 14.4 Å². The minimum absolute atomic E-state index is 0.0214. The van der Waals surface area contributed by atoms with Gasteiger partial charge in [-0.3, -0.25) is 9.59 Å². The smallest absolute Gasteiger partial charge is 0.223 e. The number of benzene rings is 1. The molecule has 2 heterocycles. The summed E-state index contributed by atoms with van der Waals surface area (Å²) in [7, 11) is 0. The molecule has 0 aliphatic carbocycles. The first-order chi connectivity index (χ1) is 11.5. The van der Waals surface area contributed by atoms with Gasteiger partial charge in [-0.1, -0.05) is 29.8 Å². The molecule has 2 aliphatic rings. The van der Waals surface area contributed by atoms with Gasteiger partial charge in [0.15, 0.2) is 11.6 Å². The quantitative estimate of drug-likeness (QED) is 0.796. The maximum atomic E-state index is 12.3. The lowest BCUT2D eigenvalue weighted by molar-refractivity contribution is -0.194. The molecular weight excluding hydrogens is 306 g/mol. The van der Waals surface area contributed by atoms with Crippen molar-refractivity contribution in [2.24, 2.45) is 0 Å². The van der Waals surface area contributed by atoms with Gasteiger partial charge >= 0.3 is 0 Å². The van der Waals surface area contributed by atoms with Gasteiger partial charge in [-0.25, -0.2) is 0 Å². The van der Waals surface area contributed by atoms with E-state index in [4.69, 9.17) is 9.47 Å². The second-order valence-corrected chi connectivity index (χ2v) is 6.82. The second kappa shape index (κ2) is 7.03. The number of rotatable bonds is 4. The summed E-state index contributed by atoms with van der Waals surface area (Å²) in [6.45, 7) is 5.87. The number of piperidine rings is 1. The number of nitrogens with zero attached hydrogens (tertiary/aromatic N) is 1. The van der Waals surface area contributed by atoms with E-state index in [1.54, 1.807) is 0 Å². The molecule has 3 rings (SSSR count). The van der Waals surface area contributed by atoms with E-state index in [9.17, 15) is 9.59 Å². The molecule has 0 bridgehead atoms. The van der Waals surface area contributed by atoms with Crippen LogP contribution in [0.3, 0.4) is 0 Å². The Balaban J connectivity index is 1.46. The van der Waals surface area contributed by atoms with E-state index in [2.05, 4.69) is 0 Å². The molecule has 24 heavy (non-hydrogen) atoms. The Morgan fingerprint density at radius 2 is 1.83 bits per heavy atom. The number of hydrogen-bond acceptors (Lipinski definition) is 4. The number of carbonyl (C=O) groups is 2. The summed E-state index contributed by atoms with van der Waals surface area (Å²) < 4.78 is 11.6. The zero-order valence-electron chi connectivity index (χ0n) is 14.4. The summed E-state index contributed by atoms with van der Waals surface area (Å²) >= 11 is 0. The molecule has 1 amide bonds. The number of hydrogen-bond donors (Lipinski definition) is 0. The van der Waals surface area contributed by atoms with E-state index in [-0.39, 0.29) is 30.6 Å². The summed E-state index contributed by atoms with van der Waals surface area (Å²) in [6.07, 6.45) is 2.05. The first-order valence-electron chi connectivity index (χ1n) is 8.67. The topological polar surface area (TPSA) is 55.8 Å². The fraction of sp³-hybridized carbons (Fsp3) is 0.579. The van der Waals surface area contributed by atoms with Gasteiger partial charge in [-0.15, -0.1) is 0 Å². The van der Waals surface area contributed by atoms with Crippen LogP contribution in [0.25, 0.3) is 0 Å². The normalized spacial score (nSPS) is 22.8. The summed E-state index contributed by atoms with van der Waals surface area (Å²) in [5, 5.41) is 0. The third-order valence-corrected chi connectivity index (χ3v) is 4.81. The summed E-state index contributed by atoms with van der Waals surface area (Å²) in [5.74, 6) is -0.432. The molecule has 0 saturated carbocycles. The maximum absolute atomic E-state index is 12.3. The van der Waals surface area contributed by atoms with Crippen molar-refractivity contribution in [1.82, 2.24) is 4.90 Å². The molecule has 0 aromatic heterocycles.